The Morgan fingerprint density at radius 1 is 0.714 bits per heavy atom. The maximum Gasteiger partial charge on any atom is 0.0646 e. The molecule has 0 amide bonds. The summed E-state index contributed by atoms with van der Waals surface area (Å²) in [5.41, 5.74) is 6.14. The molecule has 0 N–H and O–H groups in total. The maximum atomic E-state index is 4.87. The van der Waals surface area contributed by atoms with Crippen molar-refractivity contribution in [2.75, 3.05) is 26.2 Å². The van der Waals surface area contributed by atoms with Gasteiger partial charge >= 0.3 is 0 Å². The standard InChI is InChI=1S/C25H27N3/c1-21(23-12-14-25(15-13-23)24-10-6-3-7-11-24)26-28-18-16-27(17-19-28)20-22-8-4-2-5-9-22/h2-15H,16-20H2,1H3/b26-21-. The maximum absolute atomic E-state index is 4.87. The molecule has 0 aliphatic carbocycles. The van der Waals surface area contributed by atoms with Crippen LogP contribution in [0, 0.1) is 0 Å². The molecule has 3 nitrogen and oxygen atoms in total. The lowest BCUT2D eigenvalue weighted by atomic mass is 10.0. The van der Waals surface area contributed by atoms with Crippen LogP contribution in [0.4, 0.5) is 0 Å². The van der Waals surface area contributed by atoms with Gasteiger partial charge in [0.05, 0.1) is 5.71 Å². The molecule has 142 valence electrons. The first-order valence-corrected chi connectivity index (χ1v) is 10.0. The number of rotatable bonds is 5. The molecule has 0 saturated carbocycles. The molecule has 3 heteroatoms. The van der Waals surface area contributed by atoms with Crippen LogP contribution in [-0.4, -0.2) is 41.8 Å². The van der Waals surface area contributed by atoms with Gasteiger partial charge in [0.2, 0.25) is 0 Å². The fourth-order valence-electron chi connectivity index (χ4n) is 3.64. The lowest BCUT2D eigenvalue weighted by molar-refractivity contribution is 0.130. The molecular formula is C25H27N3. The van der Waals surface area contributed by atoms with E-state index in [1.165, 1.54) is 22.3 Å². The molecular weight excluding hydrogens is 342 g/mol. The van der Waals surface area contributed by atoms with Crippen molar-refractivity contribution in [3.8, 4) is 11.1 Å². The van der Waals surface area contributed by atoms with E-state index in [1.807, 2.05) is 6.07 Å². The number of hydrogen-bond donors (Lipinski definition) is 0. The molecule has 0 unspecified atom stereocenters. The molecule has 1 aliphatic rings. The van der Waals surface area contributed by atoms with Crippen LogP contribution in [0.5, 0.6) is 0 Å². The number of hydrazone groups is 1. The molecule has 0 radical (unpaired) electrons. The Kier molecular flexibility index (Phi) is 5.83. The van der Waals surface area contributed by atoms with Crippen LogP contribution in [0.25, 0.3) is 11.1 Å². The quantitative estimate of drug-likeness (QED) is 0.596. The first-order valence-electron chi connectivity index (χ1n) is 10.0. The van der Waals surface area contributed by atoms with Gasteiger partial charge in [-0.2, -0.15) is 5.10 Å². The number of nitrogens with zero attached hydrogens (tertiary/aromatic N) is 3. The van der Waals surface area contributed by atoms with Crippen LogP contribution in [0.1, 0.15) is 18.1 Å². The van der Waals surface area contributed by atoms with Crippen LogP contribution in [-0.2, 0) is 6.54 Å². The van der Waals surface area contributed by atoms with Gasteiger partial charge in [0, 0.05) is 32.7 Å². The fraction of sp³-hybridized carbons (Fsp3) is 0.240. The Hall–Kier alpha value is -2.91. The molecule has 1 heterocycles. The first kappa shape index (κ1) is 18.5. The Morgan fingerprint density at radius 2 is 1.29 bits per heavy atom. The van der Waals surface area contributed by atoms with Crippen molar-refractivity contribution in [1.29, 1.82) is 0 Å². The fourth-order valence-corrected chi connectivity index (χ4v) is 3.64. The molecule has 1 fully saturated rings. The topological polar surface area (TPSA) is 18.8 Å². The molecule has 1 saturated heterocycles. The third-order valence-corrected chi connectivity index (χ3v) is 5.30. The third kappa shape index (κ3) is 4.68. The normalized spacial score (nSPS) is 15.6. The molecule has 0 spiro atoms. The summed E-state index contributed by atoms with van der Waals surface area (Å²) < 4.78 is 0. The zero-order valence-corrected chi connectivity index (χ0v) is 16.5. The summed E-state index contributed by atoms with van der Waals surface area (Å²) >= 11 is 0. The van der Waals surface area contributed by atoms with Gasteiger partial charge in [0.15, 0.2) is 0 Å². The second kappa shape index (κ2) is 8.85. The summed E-state index contributed by atoms with van der Waals surface area (Å²) in [5, 5.41) is 7.08. The van der Waals surface area contributed by atoms with E-state index in [9.17, 15) is 0 Å². The molecule has 0 atom stereocenters. The minimum absolute atomic E-state index is 0.978. The number of piperazine rings is 1. The summed E-state index contributed by atoms with van der Waals surface area (Å²) in [6.45, 7) is 7.20. The van der Waals surface area contributed by atoms with Gasteiger partial charge in [-0.05, 0) is 29.2 Å². The summed E-state index contributed by atoms with van der Waals surface area (Å²) in [6.07, 6.45) is 0. The highest BCUT2D eigenvalue weighted by Crippen LogP contribution is 2.19. The number of hydrogen-bond acceptors (Lipinski definition) is 3. The number of benzene rings is 3. The van der Waals surface area contributed by atoms with Crippen molar-refractivity contribution < 1.29 is 0 Å². The minimum atomic E-state index is 0.978. The van der Waals surface area contributed by atoms with E-state index in [1.54, 1.807) is 0 Å². The molecule has 3 aromatic carbocycles. The monoisotopic (exact) mass is 369 g/mol. The highest BCUT2D eigenvalue weighted by Gasteiger charge is 2.16. The average Bonchev–Trinajstić information content (AvgIpc) is 2.76. The van der Waals surface area contributed by atoms with Crippen LogP contribution >= 0.6 is 0 Å². The van der Waals surface area contributed by atoms with Gasteiger partial charge in [-0.15, -0.1) is 0 Å². The van der Waals surface area contributed by atoms with E-state index in [2.05, 4.69) is 95.7 Å². The van der Waals surface area contributed by atoms with Crippen molar-refractivity contribution in [2.45, 2.75) is 13.5 Å². The second-order valence-electron chi connectivity index (χ2n) is 7.34. The second-order valence-corrected chi connectivity index (χ2v) is 7.34. The zero-order chi connectivity index (χ0) is 19.2. The van der Waals surface area contributed by atoms with E-state index >= 15 is 0 Å². The summed E-state index contributed by atoms with van der Waals surface area (Å²) in [5.74, 6) is 0. The van der Waals surface area contributed by atoms with Crippen LogP contribution in [0.15, 0.2) is 90.0 Å². The smallest absolute Gasteiger partial charge is 0.0646 e. The zero-order valence-electron chi connectivity index (χ0n) is 16.5. The van der Waals surface area contributed by atoms with E-state index < -0.39 is 0 Å². The SMILES string of the molecule is C/C(=N/N1CCN(Cc2ccccc2)CC1)c1ccc(-c2ccccc2)cc1. The van der Waals surface area contributed by atoms with Crippen molar-refractivity contribution >= 4 is 5.71 Å². The van der Waals surface area contributed by atoms with Crippen LogP contribution in [0.2, 0.25) is 0 Å². The molecule has 3 aromatic rings. The summed E-state index contributed by atoms with van der Waals surface area (Å²) in [6, 6.07) is 29.9. The van der Waals surface area contributed by atoms with Crippen LogP contribution < -0.4 is 0 Å². The Morgan fingerprint density at radius 3 is 1.93 bits per heavy atom. The van der Waals surface area contributed by atoms with Gasteiger partial charge in [0.1, 0.15) is 0 Å². The van der Waals surface area contributed by atoms with Crippen molar-refractivity contribution in [2.24, 2.45) is 5.10 Å². The summed E-state index contributed by atoms with van der Waals surface area (Å²) in [4.78, 5) is 2.51. The highest BCUT2D eigenvalue weighted by molar-refractivity contribution is 5.98. The minimum Gasteiger partial charge on any atom is -0.295 e. The highest BCUT2D eigenvalue weighted by atomic mass is 15.5. The molecule has 0 bridgehead atoms. The largest absolute Gasteiger partial charge is 0.295 e. The predicted molar refractivity (Wildman–Crippen MR) is 117 cm³/mol. The molecule has 4 rings (SSSR count). The van der Waals surface area contributed by atoms with E-state index in [0.717, 1.165) is 38.4 Å². The van der Waals surface area contributed by atoms with Crippen LogP contribution in [0.3, 0.4) is 0 Å². The first-order chi connectivity index (χ1) is 13.8. The average molecular weight is 370 g/mol. The Labute approximate surface area is 167 Å². The van der Waals surface area contributed by atoms with Gasteiger partial charge in [-0.1, -0.05) is 84.9 Å². The van der Waals surface area contributed by atoms with Gasteiger partial charge in [0.25, 0.3) is 0 Å². The molecule has 28 heavy (non-hydrogen) atoms. The predicted octanol–water partition coefficient (Wildman–Crippen LogP) is 4.90. The van der Waals surface area contributed by atoms with Crippen molar-refractivity contribution in [3.05, 3.63) is 96.1 Å². The van der Waals surface area contributed by atoms with Crippen molar-refractivity contribution in [3.63, 3.8) is 0 Å². The van der Waals surface area contributed by atoms with E-state index in [-0.39, 0.29) is 0 Å². The summed E-state index contributed by atoms with van der Waals surface area (Å²) in [7, 11) is 0. The van der Waals surface area contributed by atoms with Gasteiger partial charge in [-0.3, -0.25) is 9.91 Å². The van der Waals surface area contributed by atoms with Gasteiger partial charge < -0.3 is 0 Å². The third-order valence-electron chi connectivity index (χ3n) is 5.30. The van der Waals surface area contributed by atoms with E-state index in [4.69, 9.17) is 5.10 Å². The molecule has 0 aromatic heterocycles. The Bertz CT molecular complexity index is 894. The van der Waals surface area contributed by atoms with Crippen molar-refractivity contribution in [1.82, 2.24) is 9.91 Å². The van der Waals surface area contributed by atoms with E-state index in [0.29, 0.717) is 0 Å². The Balaban J connectivity index is 1.34. The van der Waals surface area contributed by atoms with Gasteiger partial charge in [-0.25, -0.2) is 0 Å². The lowest BCUT2D eigenvalue weighted by Gasteiger charge is -2.33. The molecule has 1 aliphatic heterocycles. The lowest BCUT2D eigenvalue weighted by Crippen LogP contribution is -2.43.